The summed E-state index contributed by atoms with van der Waals surface area (Å²) in [6.45, 7) is 8.73. The van der Waals surface area contributed by atoms with Crippen molar-refractivity contribution in [3.05, 3.63) is 64.7 Å². The maximum Gasteiger partial charge on any atom is 0.243 e. The van der Waals surface area contributed by atoms with Crippen molar-refractivity contribution < 1.29 is 17.9 Å². The number of sulfonamides is 1. The molecule has 2 aromatic rings. The largest absolute Gasteiger partial charge is 0.379 e. The molecule has 0 saturated carbocycles. The molecule has 2 aliphatic heterocycles. The SMILES string of the molecule is CC1CC(C)CN(S(=O)(=O)c2cccc(C(=O)CNCC(c3ccccc3Cl)N3CCOCC3)c2)C1. The van der Waals surface area contributed by atoms with Gasteiger partial charge in [-0.05, 0) is 42.0 Å². The Balaban J connectivity index is 1.43. The monoisotopic (exact) mass is 533 g/mol. The molecule has 2 saturated heterocycles. The Morgan fingerprint density at radius 2 is 1.78 bits per heavy atom. The van der Waals surface area contributed by atoms with Crippen LogP contribution in [0.1, 0.15) is 42.2 Å². The zero-order valence-electron chi connectivity index (χ0n) is 21.0. The Hall–Kier alpha value is -1.81. The van der Waals surface area contributed by atoms with Crippen molar-refractivity contribution in [1.29, 1.82) is 0 Å². The van der Waals surface area contributed by atoms with Crippen LogP contribution in [0.5, 0.6) is 0 Å². The minimum atomic E-state index is -3.65. The van der Waals surface area contributed by atoms with E-state index in [1.54, 1.807) is 22.5 Å². The molecule has 9 heteroatoms. The summed E-state index contributed by atoms with van der Waals surface area (Å²) in [7, 11) is -3.65. The van der Waals surface area contributed by atoms with E-state index in [9.17, 15) is 13.2 Å². The highest BCUT2D eigenvalue weighted by atomic mass is 35.5. The lowest BCUT2D eigenvalue weighted by atomic mass is 9.94. The van der Waals surface area contributed by atoms with Gasteiger partial charge in [0.25, 0.3) is 0 Å². The summed E-state index contributed by atoms with van der Waals surface area (Å²) in [4.78, 5) is 15.5. The lowest BCUT2D eigenvalue weighted by molar-refractivity contribution is 0.0162. The van der Waals surface area contributed by atoms with Gasteiger partial charge in [0.15, 0.2) is 5.78 Å². The number of ketones is 1. The number of ether oxygens (including phenoxy) is 1. The van der Waals surface area contributed by atoms with Gasteiger partial charge in [-0.1, -0.05) is 55.8 Å². The second kappa shape index (κ2) is 12.2. The fourth-order valence-electron chi connectivity index (χ4n) is 5.28. The predicted octanol–water partition coefficient (Wildman–Crippen LogP) is 3.85. The van der Waals surface area contributed by atoms with E-state index in [1.165, 1.54) is 6.07 Å². The van der Waals surface area contributed by atoms with Crippen LogP contribution in [0, 0.1) is 11.8 Å². The number of halogens is 1. The summed E-state index contributed by atoms with van der Waals surface area (Å²) < 4.78 is 33.7. The number of morpholine rings is 1. The van der Waals surface area contributed by atoms with Crippen LogP contribution in [0.15, 0.2) is 53.4 Å². The molecule has 2 fully saturated rings. The van der Waals surface area contributed by atoms with Gasteiger partial charge in [-0.15, -0.1) is 0 Å². The fraction of sp³-hybridized carbons (Fsp3) is 0.519. The first-order valence-electron chi connectivity index (χ1n) is 12.7. The van der Waals surface area contributed by atoms with Crippen molar-refractivity contribution in [3.63, 3.8) is 0 Å². The predicted molar refractivity (Wildman–Crippen MR) is 142 cm³/mol. The van der Waals surface area contributed by atoms with Crippen molar-refractivity contribution in [2.24, 2.45) is 11.8 Å². The first-order valence-corrected chi connectivity index (χ1v) is 14.5. The van der Waals surface area contributed by atoms with Gasteiger partial charge in [-0.25, -0.2) is 8.42 Å². The maximum absolute atomic E-state index is 13.3. The van der Waals surface area contributed by atoms with Crippen LogP contribution < -0.4 is 5.32 Å². The highest BCUT2D eigenvalue weighted by Gasteiger charge is 2.32. The topological polar surface area (TPSA) is 79.0 Å². The van der Waals surface area contributed by atoms with Crippen LogP contribution in [-0.4, -0.2) is 75.9 Å². The quantitative estimate of drug-likeness (QED) is 0.493. The number of rotatable bonds is 9. The van der Waals surface area contributed by atoms with Crippen LogP contribution >= 0.6 is 11.6 Å². The average Bonchev–Trinajstić information content (AvgIpc) is 2.87. The fourth-order valence-corrected chi connectivity index (χ4v) is 7.26. The first-order chi connectivity index (χ1) is 17.3. The van der Waals surface area contributed by atoms with E-state index in [4.69, 9.17) is 16.3 Å². The van der Waals surface area contributed by atoms with Gasteiger partial charge in [-0.2, -0.15) is 4.31 Å². The Labute approximate surface area is 219 Å². The molecular formula is C27H36ClN3O4S. The standard InChI is InChI=1S/C27H36ClN3O4S/c1-20-14-21(2)19-31(18-20)36(33,34)23-7-5-6-22(15-23)27(32)17-29-16-26(30-10-12-35-13-11-30)24-8-3-4-9-25(24)28/h3-9,15,20-21,26,29H,10-14,16-19H2,1-2H3. The van der Waals surface area contributed by atoms with Crippen molar-refractivity contribution in [2.45, 2.75) is 31.2 Å². The summed E-state index contributed by atoms with van der Waals surface area (Å²) in [6.07, 6.45) is 1.02. The molecule has 2 aromatic carbocycles. The van der Waals surface area contributed by atoms with Gasteiger partial charge in [0, 0.05) is 49.4 Å². The lowest BCUT2D eigenvalue weighted by Gasteiger charge is -2.35. The molecule has 0 amide bonds. The van der Waals surface area contributed by atoms with E-state index in [-0.39, 0.29) is 23.3 Å². The van der Waals surface area contributed by atoms with E-state index in [0.717, 1.165) is 25.1 Å². The molecule has 196 valence electrons. The van der Waals surface area contributed by atoms with Gasteiger partial charge >= 0.3 is 0 Å². The lowest BCUT2D eigenvalue weighted by Crippen LogP contribution is -2.43. The van der Waals surface area contributed by atoms with E-state index in [0.29, 0.717) is 55.3 Å². The van der Waals surface area contributed by atoms with Crippen molar-refractivity contribution >= 4 is 27.4 Å². The third kappa shape index (κ3) is 6.54. The molecule has 4 rings (SSSR count). The average molecular weight is 534 g/mol. The number of carbonyl (C=O) groups excluding carboxylic acids is 1. The molecule has 7 nitrogen and oxygen atoms in total. The molecule has 3 atom stereocenters. The van der Waals surface area contributed by atoms with Crippen molar-refractivity contribution in [2.75, 3.05) is 52.5 Å². The second-order valence-electron chi connectivity index (χ2n) is 10.0. The summed E-state index contributed by atoms with van der Waals surface area (Å²) in [6, 6.07) is 14.2. The zero-order chi connectivity index (χ0) is 25.7. The van der Waals surface area contributed by atoms with E-state index in [2.05, 4.69) is 24.1 Å². The number of benzene rings is 2. The zero-order valence-corrected chi connectivity index (χ0v) is 22.6. The molecule has 0 radical (unpaired) electrons. The summed E-state index contributed by atoms with van der Waals surface area (Å²) in [5.41, 5.74) is 1.40. The van der Waals surface area contributed by atoms with Gasteiger partial charge in [0.2, 0.25) is 10.0 Å². The highest BCUT2D eigenvalue weighted by Crippen LogP contribution is 2.29. The Bertz CT molecular complexity index is 1140. The molecule has 2 aliphatic rings. The number of nitrogens with one attached hydrogen (secondary N) is 1. The highest BCUT2D eigenvalue weighted by molar-refractivity contribution is 7.89. The minimum absolute atomic E-state index is 0.00481. The Morgan fingerprint density at radius 1 is 1.08 bits per heavy atom. The number of hydrogen-bond acceptors (Lipinski definition) is 6. The van der Waals surface area contributed by atoms with Crippen LogP contribution in [0.4, 0.5) is 0 Å². The molecule has 0 aromatic heterocycles. The number of piperidine rings is 1. The van der Waals surface area contributed by atoms with Gasteiger partial charge in [0.1, 0.15) is 0 Å². The minimum Gasteiger partial charge on any atom is -0.379 e. The summed E-state index contributed by atoms with van der Waals surface area (Å²) in [5.74, 6) is 0.484. The molecule has 0 bridgehead atoms. The molecule has 36 heavy (non-hydrogen) atoms. The van der Waals surface area contributed by atoms with Gasteiger partial charge in [0.05, 0.1) is 24.7 Å². The number of nitrogens with zero attached hydrogens (tertiary/aromatic N) is 2. The molecule has 0 spiro atoms. The number of Topliss-reactive ketones (excluding diaryl/α,β-unsaturated/α-hetero) is 1. The van der Waals surface area contributed by atoms with Crippen LogP contribution in [0.25, 0.3) is 0 Å². The third-order valence-corrected chi connectivity index (χ3v) is 9.17. The third-order valence-electron chi connectivity index (χ3n) is 7.00. The summed E-state index contributed by atoms with van der Waals surface area (Å²) in [5, 5.41) is 3.99. The van der Waals surface area contributed by atoms with E-state index < -0.39 is 10.0 Å². The van der Waals surface area contributed by atoms with Crippen LogP contribution in [0.3, 0.4) is 0 Å². The first kappa shape index (κ1) is 27.2. The van der Waals surface area contributed by atoms with Crippen molar-refractivity contribution in [1.82, 2.24) is 14.5 Å². The molecule has 0 aliphatic carbocycles. The smallest absolute Gasteiger partial charge is 0.243 e. The maximum atomic E-state index is 13.3. The number of carbonyl (C=O) groups is 1. The molecule has 3 unspecified atom stereocenters. The Kier molecular flexibility index (Phi) is 9.19. The summed E-state index contributed by atoms with van der Waals surface area (Å²) >= 11 is 6.50. The molecular weight excluding hydrogens is 498 g/mol. The molecule has 2 heterocycles. The van der Waals surface area contributed by atoms with Crippen molar-refractivity contribution in [3.8, 4) is 0 Å². The number of hydrogen-bond donors (Lipinski definition) is 1. The van der Waals surface area contributed by atoms with Gasteiger partial charge in [-0.3, -0.25) is 9.69 Å². The normalized spacial score (nSPS) is 22.9. The van der Waals surface area contributed by atoms with Crippen LogP contribution in [-0.2, 0) is 14.8 Å². The van der Waals surface area contributed by atoms with Crippen LogP contribution in [0.2, 0.25) is 5.02 Å². The van der Waals surface area contributed by atoms with E-state index in [1.807, 2.05) is 24.3 Å². The molecule has 1 N–H and O–H groups in total. The van der Waals surface area contributed by atoms with Gasteiger partial charge < -0.3 is 10.1 Å². The second-order valence-corrected chi connectivity index (χ2v) is 12.4. The Morgan fingerprint density at radius 3 is 2.47 bits per heavy atom. The van der Waals surface area contributed by atoms with E-state index >= 15 is 0 Å².